The summed E-state index contributed by atoms with van der Waals surface area (Å²) in [6.45, 7) is 0. The molecule has 0 atom stereocenters. The molecule has 0 aromatic heterocycles. The van der Waals surface area contributed by atoms with E-state index in [1.54, 1.807) is 0 Å². The molecule has 0 aromatic carbocycles. The summed E-state index contributed by atoms with van der Waals surface area (Å²) in [6, 6.07) is 0. The molecular formula is C19H28N2O14. The van der Waals surface area contributed by atoms with Gasteiger partial charge in [0, 0.05) is 12.8 Å². The molecule has 0 aromatic rings. The maximum atomic E-state index is 11.3. The molecule has 0 saturated carbocycles. The van der Waals surface area contributed by atoms with Crippen LogP contribution in [0.4, 0.5) is 0 Å². The molecule has 16 nitrogen and oxygen atoms in total. The van der Waals surface area contributed by atoms with E-state index in [1.807, 2.05) is 0 Å². The summed E-state index contributed by atoms with van der Waals surface area (Å²) in [5.74, 6) is -7.53. The Kier molecular flexibility index (Phi) is 16.7. The van der Waals surface area contributed by atoms with Gasteiger partial charge < -0.3 is 41.4 Å². The van der Waals surface area contributed by atoms with Crippen molar-refractivity contribution < 1.29 is 68.3 Å². The minimum Gasteiger partial charge on any atom is -0.481 e. The quantitative estimate of drug-likeness (QED) is 0.142. The fourth-order valence-electron chi connectivity index (χ4n) is 1.88. The van der Waals surface area contributed by atoms with E-state index >= 15 is 0 Å². The van der Waals surface area contributed by atoms with Crippen molar-refractivity contribution in [2.75, 3.05) is 0 Å². The molecule has 1 heterocycles. The predicted octanol–water partition coefficient (Wildman–Crippen LogP) is -1.03. The zero-order valence-electron chi connectivity index (χ0n) is 18.6. The smallest absolute Gasteiger partial charge is 0.314 e. The topological polar surface area (TPSA) is 288 Å². The molecule has 1 rings (SSSR count). The number of carboxylic acid groups (broad SMARTS) is 4. The molecule has 16 heteroatoms. The summed E-state index contributed by atoms with van der Waals surface area (Å²) < 4.78 is 8.90. The molecule has 0 bridgehead atoms. The average Bonchev–Trinajstić information content (AvgIpc) is 2.73. The number of carbonyl (C=O) groups excluding carboxylic acids is 4. The Morgan fingerprint density at radius 1 is 0.571 bits per heavy atom. The predicted molar refractivity (Wildman–Crippen MR) is 110 cm³/mol. The minimum atomic E-state index is -1.27. The minimum absolute atomic E-state index is 0.0559. The van der Waals surface area contributed by atoms with E-state index < -0.39 is 53.4 Å². The fraction of sp³-hybridized carbons (Fsp3) is 0.579. The first-order chi connectivity index (χ1) is 16.0. The Labute approximate surface area is 198 Å². The summed E-state index contributed by atoms with van der Waals surface area (Å²) in [4.78, 5) is 83.5. The van der Waals surface area contributed by atoms with Gasteiger partial charge in [0.05, 0.1) is 44.2 Å². The first kappa shape index (κ1) is 33.3. The normalized spacial score (nSPS) is 16.2. The van der Waals surface area contributed by atoms with Crippen molar-refractivity contribution in [3.63, 3.8) is 0 Å². The fourth-order valence-corrected chi connectivity index (χ4v) is 1.88. The highest BCUT2D eigenvalue weighted by Crippen LogP contribution is 2.13. The Morgan fingerprint density at radius 2 is 0.800 bits per heavy atom. The van der Waals surface area contributed by atoms with Gasteiger partial charge in [0.1, 0.15) is 0 Å². The van der Waals surface area contributed by atoms with Gasteiger partial charge in [0.25, 0.3) is 0 Å². The second kappa shape index (κ2) is 17.5. The van der Waals surface area contributed by atoms with Crippen molar-refractivity contribution in [2.24, 2.45) is 11.5 Å². The highest BCUT2D eigenvalue weighted by atomic mass is 16.6. The van der Waals surface area contributed by atoms with Crippen LogP contribution in [0.3, 0.4) is 0 Å². The van der Waals surface area contributed by atoms with Crippen LogP contribution in [0.25, 0.3) is 0 Å². The second-order valence-corrected chi connectivity index (χ2v) is 7.00. The number of esters is 4. The molecule has 0 aliphatic carbocycles. The van der Waals surface area contributed by atoms with E-state index in [-0.39, 0.29) is 64.2 Å². The number of hydrogen-bond donors (Lipinski definition) is 6. The van der Waals surface area contributed by atoms with Crippen LogP contribution < -0.4 is 11.5 Å². The van der Waals surface area contributed by atoms with E-state index in [0.717, 1.165) is 0 Å². The maximum absolute atomic E-state index is 11.3. The molecule has 1 saturated heterocycles. The second-order valence-electron chi connectivity index (χ2n) is 7.00. The van der Waals surface area contributed by atoms with Gasteiger partial charge in [0.2, 0.25) is 0 Å². The lowest BCUT2D eigenvalue weighted by atomic mass is 10.00. The SMILES string of the molecule is NC1(N)CCC(=O)OC(=O)CCC(=O)OC(=O)CC1.O=C(O)CCC(=O)O.O=C(O)CCC(=O)O. The van der Waals surface area contributed by atoms with Gasteiger partial charge in [-0.1, -0.05) is 0 Å². The number of aliphatic carboxylic acids is 4. The standard InChI is InChI=1S/C11H16N2O6.2C4H6O4/c12-11(13)5-3-9(16)18-7(14)1-2-8(15)19-10(17)4-6-11;2*5-3(6)1-2-4(7)8/h1-6,12-13H2;2*1-2H2,(H,5,6)(H,7,8). The molecule has 0 unspecified atom stereocenters. The zero-order chi connectivity index (χ0) is 27.6. The molecule has 1 aliphatic heterocycles. The molecule has 0 radical (unpaired) electrons. The van der Waals surface area contributed by atoms with Crippen molar-refractivity contribution in [3.8, 4) is 0 Å². The molecule has 1 fully saturated rings. The van der Waals surface area contributed by atoms with Crippen LogP contribution in [0.1, 0.15) is 64.2 Å². The number of carbonyl (C=O) groups is 8. The lowest BCUT2D eigenvalue weighted by Gasteiger charge is -2.23. The molecule has 35 heavy (non-hydrogen) atoms. The van der Waals surface area contributed by atoms with Gasteiger partial charge in [-0.15, -0.1) is 0 Å². The van der Waals surface area contributed by atoms with Crippen LogP contribution in [0.15, 0.2) is 0 Å². The van der Waals surface area contributed by atoms with Gasteiger partial charge in [0.15, 0.2) is 0 Å². The summed E-state index contributed by atoms with van der Waals surface area (Å²) >= 11 is 0. The number of hydrogen-bond acceptors (Lipinski definition) is 12. The van der Waals surface area contributed by atoms with Gasteiger partial charge in [-0.25, -0.2) is 0 Å². The molecule has 0 amide bonds. The number of nitrogens with two attached hydrogens (primary N) is 2. The van der Waals surface area contributed by atoms with Crippen LogP contribution >= 0.6 is 0 Å². The molecular weight excluding hydrogens is 480 g/mol. The van der Waals surface area contributed by atoms with Gasteiger partial charge in [-0.05, 0) is 12.8 Å². The zero-order valence-corrected chi connectivity index (χ0v) is 18.6. The number of ether oxygens (including phenoxy) is 2. The molecule has 1 aliphatic rings. The van der Waals surface area contributed by atoms with Crippen LogP contribution in [0.2, 0.25) is 0 Å². The Bertz CT molecular complexity index is 713. The number of carboxylic acids is 4. The van der Waals surface area contributed by atoms with Crippen molar-refractivity contribution in [1.29, 1.82) is 0 Å². The first-order valence-electron chi connectivity index (χ1n) is 9.96. The Balaban J connectivity index is 0. The summed E-state index contributed by atoms with van der Waals surface area (Å²) in [5, 5.41) is 31.6. The van der Waals surface area contributed by atoms with Crippen molar-refractivity contribution in [1.82, 2.24) is 0 Å². The maximum Gasteiger partial charge on any atom is 0.314 e. The van der Waals surface area contributed by atoms with Gasteiger partial charge >= 0.3 is 47.8 Å². The number of cyclic esters (lactones) is 4. The van der Waals surface area contributed by atoms with E-state index in [4.69, 9.17) is 31.9 Å². The van der Waals surface area contributed by atoms with Crippen molar-refractivity contribution in [3.05, 3.63) is 0 Å². The average molecular weight is 508 g/mol. The van der Waals surface area contributed by atoms with E-state index in [0.29, 0.717) is 0 Å². The van der Waals surface area contributed by atoms with E-state index in [9.17, 15) is 38.4 Å². The lowest BCUT2D eigenvalue weighted by molar-refractivity contribution is -0.164. The van der Waals surface area contributed by atoms with Crippen LogP contribution in [0.5, 0.6) is 0 Å². The summed E-state index contributed by atoms with van der Waals surface area (Å²) in [7, 11) is 0. The van der Waals surface area contributed by atoms with Crippen LogP contribution in [0, 0.1) is 0 Å². The van der Waals surface area contributed by atoms with Crippen LogP contribution in [-0.2, 0) is 47.8 Å². The third-order valence-electron chi connectivity index (χ3n) is 3.68. The largest absolute Gasteiger partial charge is 0.481 e. The van der Waals surface area contributed by atoms with Gasteiger partial charge in [-0.3, -0.25) is 38.4 Å². The molecule has 0 spiro atoms. The Hall–Kier alpha value is -3.92. The van der Waals surface area contributed by atoms with Crippen molar-refractivity contribution in [2.45, 2.75) is 69.9 Å². The van der Waals surface area contributed by atoms with Gasteiger partial charge in [-0.2, -0.15) is 0 Å². The summed E-state index contributed by atoms with van der Waals surface area (Å²) in [5.41, 5.74) is 10.1. The molecule has 8 N–H and O–H groups in total. The third-order valence-corrected chi connectivity index (χ3v) is 3.68. The highest BCUT2D eigenvalue weighted by Gasteiger charge is 2.25. The number of rotatable bonds is 6. The first-order valence-corrected chi connectivity index (χ1v) is 9.96. The van der Waals surface area contributed by atoms with E-state index in [1.165, 1.54) is 0 Å². The molecule has 198 valence electrons. The van der Waals surface area contributed by atoms with E-state index in [2.05, 4.69) is 9.47 Å². The van der Waals surface area contributed by atoms with Crippen molar-refractivity contribution >= 4 is 47.8 Å². The summed E-state index contributed by atoms with van der Waals surface area (Å²) in [6.07, 6.45) is -2.00. The van der Waals surface area contributed by atoms with Crippen LogP contribution in [-0.4, -0.2) is 73.8 Å². The monoisotopic (exact) mass is 508 g/mol. The lowest BCUT2D eigenvalue weighted by Crippen LogP contribution is -2.50. The highest BCUT2D eigenvalue weighted by molar-refractivity contribution is 5.90. The third kappa shape index (κ3) is 24.6. The Morgan fingerprint density at radius 3 is 1.03 bits per heavy atom.